The standard InChI is InChI=1S/C14H28NO4.K/c1-13(2)5-4-9-18-11-12-19-10-7-15-14(17)6-3-8-16;/h13H,3-12H2,1-2H3,(H,15,17);/q-1;+1. The van der Waals surface area contributed by atoms with Crippen LogP contribution in [0.3, 0.4) is 0 Å². The zero-order chi connectivity index (χ0) is 14.3. The minimum atomic E-state index is -0.196. The second kappa shape index (κ2) is 18.0. The van der Waals surface area contributed by atoms with Gasteiger partial charge in [-0.05, 0) is 18.8 Å². The van der Waals surface area contributed by atoms with Crippen molar-refractivity contribution in [1.29, 1.82) is 0 Å². The first kappa shape index (κ1) is 23.3. The van der Waals surface area contributed by atoms with Gasteiger partial charge in [0, 0.05) is 19.6 Å². The van der Waals surface area contributed by atoms with Crippen LogP contribution in [0.2, 0.25) is 0 Å². The van der Waals surface area contributed by atoms with Crippen molar-refractivity contribution in [2.24, 2.45) is 5.92 Å². The summed E-state index contributed by atoms with van der Waals surface area (Å²) in [6, 6.07) is 0. The molecule has 0 rings (SSSR count). The van der Waals surface area contributed by atoms with Crippen LogP contribution in [0.25, 0.3) is 0 Å². The molecule has 0 aromatic rings. The van der Waals surface area contributed by atoms with Crippen LogP contribution >= 0.6 is 0 Å². The minimum Gasteiger partial charge on any atom is -0.854 e. The maximum absolute atomic E-state index is 11.1. The predicted molar refractivity (Wildman–Crippen MR) is 72.8 cm³/mol. The smallest absolute Gasteiger partial charge is 0.854 e. The van der Waals surface area contributed by atoms with Crippen molar-refractivity contribution in [2.75, 3.05) is 39.6 Å². The maximum atomic E-state index is 11.1. The molecule has 0 aliphatic rings. The van der Waals surface area contributed by atoms with Crippen molar-refractivity contribution in [1.82, 2.24) is 5.32 Å². The van der Waals surface area contributed by atoms with Gasteiger partial charge in [-0.3, -0.25) is 4.79 Å². The first-order valence-electron chi connectivity index (χ1n) is 7.17. The Morgan fingerprint density at radius 2 is 1.75 bits per heavy atom. The third-order valence-corrected chi connectivity index (χ3v) is 2.56. The van der Waals surface area contributed by atoms with Gasteiger partial charge in [0.25, 0.3) is 0 Å². The van der Waals surface area contributed by atoms with Gasteiger partial charge >= 0.3 is 51.4 Å². The van der Waals surface area contributed by atoms with Crippen LogP contribution in [0.5, 0.6) is 0 Å². The number of carbonyl (C=O) groups excluding carboxylic acids is 1. The molecule has 0 aromatic carbocycles. The normalized spacial score (nSPS) is 10.4. The van der Waals surface area contributed by atoms with Crippen molar-refractivity contribution < 1.29 is 70.8 Å². The minimum absolute atomic E-state index is 0. The molecule has 6 heteroatoms. The molecule has 0 heterocycles. The van der Waals surface area contributed by atoms with E-state index in [1.165, 1.54) is 6.42 Å². The summed E-state index contributed by atoms with van der Waals surface area (Å²) in [4.78, 5) is 11.1. The maximum Gasteiger partial charge on any atom is 1.00 e. The van der Waals surface area contributed by atoms with E-state index >= 15 is 0 Å². The molecule has 0 aromatic heterocycles. The summed E-state index contributed by atoms with van der Waals surface area (Å²) in [5.41, 5.74) is 0. The number of carbonyl (C=O) groups is 1. The Hall–Kier alpha value is 0.986. The van der Waals surface area contributed by atoms with E-state index in [0.29, 0.717) is 39.2 Å². The zero-order valence-corrected chi connectivity index (χ0v) is 16.4. The van der Waals surface area contributed by atoms with Crippen LogP contribution in [0, 0.1) is 5.92 Å². The number of nitrogens with one attached hydrogen (secondary N) is 1. The van der Waals surface area contributed by atoms with Crippen molar-refractivity contribution in [3.05, 3.63) is 0 Å². The van der Waals surface area contributed by atoms with E-state index in [1.807, 2.05) is 0 Å². The molecule has 1 N–H and O–H groups in total. The SMILES string of the molecule is CC(C)CCCOCCOCCNC(=O)CCC[O-].[K+]. The Balaban J connectivity index is 0. The monoisotopic (exact) mass is 313 g/mol. The molecule has 1 amide bonds. The molecule has 5 nitrogen and oxygen atoms in total. The summed E-state index contributed by atoms with van der Waals surface area (Å²) in [6.07, 6.45) is 2.99. The van der Waals surface area contributed by atoms with E-state index in [1.54, 1.807) is 0 Å². The average Bonchev–Trinajstić information content (AvgIpc) is 2.38. The number of hydrogen-bond acceptors (Lipinski definition) is 4. The number of amides is 1. The summed E-state index contributed by atoms with van der Waals surface area (Å²) in [6.45, 7) is 7.12. The Morgan fingerprint density at radius 3 is 2.35 bits per heavy atom. The van der Waals surface area contributed by atoms with Gasteiger partial charge in [-0.25, -0.2) is 0 Å². The fraction of sp³-hybridized carbons (Fsp3) is 0.929. The molecule has 0 aliphatic carbocycles. The van der Waals surface area contributed by atoms with E-state index in [9.17, 15) is 9.90 Å². The summed E-state index contributed by atoms with van der Waals surface area (Å²) >= 11 is 0. The third kappa shape index (κ3) is 19.0. The van der Waals surface area contributed by atoms with Crippen LogP contribution in [0.4, 0.5) is 0 Å². The third-order valence-electron chi connectivity index (χ3n) is 2.56. The van der Waals surface area contributed by atoms with Crippen molar-refractivity contribution in [3.63, 3.8) is 0 Å². The van der Waals surface area contributed by atoms with Crippen LogP contribution < -0.4 is 61.8 Å². The van der Waals surface area contributed by atoms with Gasteiger partial charge in [0.2, 0.25) is 5.91 Å². The largest absolute Gasteiger partial charge is 1.00 e. The second-order valence-electron chi connectivity index (χ2n) is 4.92. The molecule has 0 aliphatic heterocycles. The molecule has 0 radical (unpaired) electrons. The van der Waals surface area contributed by atoms with E-state index < -0.39 is 0 Å². The van der Waals surface area contributed by atoms with Crippen molar-refractivity contribution in [2.45, 2.75) is 39.5 Å². The molecule has 0 bridgehead atoms. The van der Waals surface area contributed by atoms with E-state index in [2.05, 4.69) is 19.2 Å². The van der Waals surface area contributed by atoms with Crippen LogP contribution in [-0.4, -0.2) is 45.5 Å². The molecular formula is C14H28KNO4. The molecule has 0 unspecified atom stereocenters. The predicted octanol–water partition coefficient (Wildman–Crippen LogP) is -2.28. The fourth-order valence-electron chi connectivity index (χ4n) is 1.50. The molecule has 0 atom stereocenters. The van der Waals surface area contributed by atoms with E-state index in [0.717, 1.165) is 18.9 Å². The Morgan fingerprint density at radius 1 is 1.10 bits per heavy atom. The number of hydrogen-bond donors (Lipinski definition) is 1. The quantitative estimate of drug-likeness (QED) is 0.307. The molecular weight excluding hydrogens is 285 g/mol. The number of rotatable bonds is 13. The van der Waals surface area contributed by atoms with E-state index in [-0.39, 0.29) is 63.9 Å². The molecule has 0 fully saturated rings. The van der Waals surface area contributed by atoms with Crippen molar-refractivity contribution >= 4 is 5.91 Å². The van der Waals surface area contributed by atoms with Gasteiger partial charge in [0.15, 0.2) is 0 Å². The van der Waals surface area contributed by atoms with Crippen LogP contribution in [-0.2, 0) is 14.3 Å². The first-order chi connectivity index (χ1) is 9.16. The first-order valence-corrected chi connectivity index (χ1v) is 7.17. The summed E-state index contributed by atoms with van der Waals surface area (Å²) in [5, 5.41) is 12.9. The van der Waals surface area contributed by atoms with Gasteiger partial charge in [-0.1, -0.05) is 20.3 Å². The topological polar surface area (TPSA) is 70.6 Å². The van der Waals surface area contributed by atoms with Crippen LogP contribution in [0.1, 0.15) is 39.5 Å². The van der Waals surface area contributed by atoms with Gasteiger partial charge in [-0.15, -0.1) is 6.61 Å². The van der Waals surface area contributed by atoms with Crippen molar-refractivity contribution in [3.8, 4) is 0 Å². The van der Waals surface area contributed by atoms with E-state index in [4.69, 9.17) is 9.47 Å². The van der Waals surface area contributed by atoms with Crippen LogP contribution in [0.15, 0.2) is 0 Å². The zero-order valence-electron chi connectivity index (χ0n) is 13.3. The average molecular weight is 313 g/mol. The summed E-state index contributed by atoms with van der Waals surface area (Å²) < 4.78 is 10.7. The molecule has 0 spiro atoms. The van der Waals surface area contributed by atoms with Gasteiger partial charge in [0.05, 0.1) is 19.8 Å². The Labute approximate surface area is 165 Å². The second-order valence-corrected chi connectivity index (χ2v) is 4.92. The molecule has 20 heavy (non-hydrogen) atoms. The molecule has 0 saturated carbocycles. The Kier molecular flexibility index (Phi) is 21.0. The molecule has 114 valence electrons. The summed E-state index contributed by atoms with van der Waals surface area (Å²) in [7, 11) is 0. The molecule has 0 saturated heterocycles. The van der Waals surface area contributed by atoms with Gasteiger partial charge in [-0.2, -0.15) is 0 Å². The van der Waals surface area contributed by atoms with Gasteiger partial charge < -0.3 is 19.9 Å². The fourth-order valence-corrected chi connectivity index (χ4v) is 1.50. The Bertz CT molecular complexity index is 215. The van der Waals surface area contributed by atoms with Gasteiger partial charge in [0.1, 0.15) is 0 Å². The number of ether oxygens (including phenoxy) is 2. The summed E-state index contributed by atoms with van der Waals surface area (Å²) in [5.74, 6) is 0.648.